The predicted molar refractivity (Wildman–Crippen MR) is 66.5 cm³/mol. The number of aliphatic hydroxyl groups is 1. The van der Waals surface area contributed by atoms with E-state index in [4.69, 9.17) is 10.2 Å². The third kappa shape index (κ3) is 4.40. The average molecular weight is 266 g/mol. The molecule has 1 atom stereocenters. The molecular weight excluding hydrogens is 252 g/mol. The van der Waals surface area contributed by atoms with Crippen molar-refractivity contribution in [1.29, 1.82) is 0 Å². The molecule has 0 aromatic heterocycles. The highest BCUT2D eigenvalue weighted by Crippen LogP contribution is 2.08. The third-order valence-electron chi connectivity index (χ3n) is 2.30. The molecule has 0 saturated carbocycles. The first kappa shape index (κ1) is 14.7. The quantitative estimate of drug-likeness (QED) is 0.548. The summed E-state index contributed by atoms with van der Waals surface area (Å²) in [6.45, 7) is 1.08. The number of hydrogen-bond acceptors (Lipinski definition) is 4. The second-order valence-corrected chi connectivity index (χ2v) is 3.87. The van der Waals surface area contributed by atoms with Crippen molar-refractivity contribution in [3.8, 4) is 0 Å². The summed E-state index contributed by atoms with van der Waals surface area (Å²) in [5, 5.41) is 21.5. The number of carbonyl (C=O) groups is 3. The van der Waals surface area contributed by atoms with Crippen molar-refractivity contribution in [2.24, 2.45) is 0 Å². The molecule has 0 aliphatic carbocycles. The van der Waals surface area contributed by atoms with Gasteiger partial charge in [-0.25, -0.2) is 4.79 Å². The zero-order chi connectivity index (χ0) is 14.4. The second-order valence-electron chi connectivity index (χ2n) is 3.87. The molecule has 1 unspecified atom stereocenters. The lowest BCUT2D eigenvalue weighted by Crippen LogP contribution is -2.47. The number of aliphatic carboxylic acids is 1. The zero-order valence-electron chi connectivity index (χ0n) is 10.2. The summed E-state index contributed by atoms with van der Waals surface area (Å²) < 4.78 is 0. The van der Waals surface area contributed by atoms with E-state index in [-0.39, 0.29) is 0 Å². The van der Waals surface area contributed by atoms with Gasteiger partial charge in [0.25, 0.3) is 0 Å². The molecule has 0 saturated heterocycles. The van der Waals surface area contributed by atoms with Crippen LogP contribution in [0.2, 0.25) is 0 Å². The van der Waals surface area contributed by atoms with Crippen molar-refractivity contribution < 1.29 is 24.6 Å². The molecule has 1 rings (SSSR count). The van der Waals surface area contributed by atoms with Crippen molar-refractivity contribution in [1.82, 2.24) is 5.32 Å². The van der Waals surface area contributed by atoms with E-state index in [0.717, 1.165) is 5.56 Å². The van der Waals surface area contributed by atoms with E-state index in [1.54, 1.807) is 24.3 Å². The summed E-state index contributed by atoms with van der Waals surface area (Å²) in [7, 11) is 0. The molecule has 2 amide bonds. The maximum absolute atomic E-state index is 11.5. The Morgan fingerprint density at radius 3 is 2.21 bits per heavy atom. The fraction of sp³-hybridized carbons (Fsp3) is 0.250. The Balaban J connectivity index is 2.60. The molecular formula is C12H14N2O5. The number of carbonyl (C=O) groups excluding carboxylic acids is 2. The number of aryl methyl sites for hydroxylation is 1. The Morgan fingerprint density at radius 1 is 1.16 bits per heavy atom. The van der Waals surface area contributed by atoms with Crippen LogP contribution in [0.25, 0.3) is 0 Å². The van der Waals surface area contributed by atoms with Gasteiger partial charge in [-0.05, 0) is 19.1 Å². The van der Waals surface area contributed by atoms with Crippen LogP contribution in [0.15, 0.2) is 24.3 Å². The second kappa shape index (κ2) is 6.50. The largest absolute Gasteiger partial charge is 0.480 e. The van der Waals surface area contributed by atoms with Crippen LogP contribution in [0.5, 0.6) is 0 Å². The summed E-state index contributed by atoms with van der Waals surface area (Å²) in [6.07, 6.45) is 0. The van der Waals surface area contributed by atoms with Gasteiger partial charge < -0.3 is 20.8 Å². The number of rotatable bonds is 4. The topological polar surface area (TPSA) is 116 Å². The summed E-state index contributed by atoms with van der Waals surface area (Å²) in [5.74, 6) is -3.54. The van der Waals surface area contributed by atoms with E-state index in [1.807, 2.05) is 12.2 Å². The average Bonchev–Trinajstić information content (AvgIpc) is 2.37. The van der Waals surface area contributed by atoms with Crippen LogP contribution in [0.1, 0.15) is 5.56 Å². The maximum Gasteiger partial charge on any atom is 0.328 e. The van der Waals surface area contributed by atoms with Gasteiger partial charge in [-0.3, -0.25) is 9.59 Å². The van der Waals surface area contributed by atoms with Crippen molar-refractivity contribution in [3.63, 3.8) is 0 Å². The van der Waals surface area contributed by atoms with Crippen LogP contribution in [0, 0.1) is 6.92 Å². The number of amides is 2. The lowest BCUT2D eigenvalue weighted by molar-refractivity contribution is -0.144. The summed E-state index contributed by atoms with van der Waals surface area (Å²) >= 11 is 0. The van der Waals surface area contributed by atoms with E-state index in [9.17, 15) is 14.4 Å². The molecule has 4 N–H and O–H groups in total. The highest BCUT2D eigenvalue weighted by molar-refractivity contribution is 6.40. The Morgan fingerprint density at radius 2 is 1.74 bits per heavy atom. The Labute approximate surface area is 109 Å². The molecule has 0 fully saturated rings. The first-order chi connectivity index (χ1) is 8.93. The minimum atomic E-state index is -1.50. The van der Waals surface area contributed by atoms with E-state index >= 15 is 0 Å². The Hall–Kier alpha value is -2.41. The van der Waals surface area contributed by atoms with Crippen LogP contribution in [0.3, 0.4) is 0 Å². The fourth-order valence-corrected chi connectivity index (χ4v) is 1.23. The number of carboxylic acids is 1. The SMILES string of the molecule is Cc1ccc(NC(=O)C(=O)NC(CO)C(=O)O)cc1. The minimum absolute atomic E-state index is 0.418. The summed E-state index contributed by atoms with van der Waals surface area (Å²) in [6, 6.07) is 5.22. The molecule has 0 bridgehead atoms. The van der Waals surface area contributed by atoms with Gasteiger partial charge in [0.1, 0.15) is 0 Å². The van der Waals surface area contributed by atoms with Gasteiger partial charge in [-0.1, -0.05) is 17.7 Å². The van der Waals surface area contributed by atoms with Crippen LogP contribution in [-0.4, -0.2) is 40.6 Å². The smallest absolute Gasteiger partial charge is 0.328 e. The lowest BCUT2D eigenvalue weighted by Gasteiger charge is -2.11. The molecule has 1 aromatic rings. The number of aliphatic hydroxyl groups excluding tert-OH is 1. The molecule has 7 nitrogen and oxygen atoms in total. The van der Waals surface area contributed by atoms with Crippen LogP contribution in [-0.2, 0) is 14.4 Å². The lowest BCUT2D eigenvalue weighted by atomic mass is 10.2. The molecule has 0 spiro atoms. The first-order valence-electron chi connectivity index (χ1n) is 5.46. The molecule has 7 heteroatoms. The third-order valence-corrected chi connectivity index (χ3v) is 2.30. The number of carboxylic acid groups (broad SMARTS) is 1. The first-order valence-corrected chi connectivity index (χ1v) is 5.46. The van der Waals surface area contributed by atoms with E-state index in [1.165, 1.54) is 0 Å². The zero-order valence-corrected chi connectivity index (χ0v) is 10.2. The molecule has 0 aliphatic rings. The van der Waals surface area contributed by atoms with Gasteiger partial charge in [0.15, 0.2) is 6.04 Å². The molecule has 0 radical (unpaired) electrons. The van der Waals surface area contributed by atoms with Gasteiger partial charge >= 0.3 is 17.8 Å². The molecule has 0 heterocycles. The van der Waals surface area contributed by atoms with Crippen molar-refractivity contribution in [2.75, 3.05) is 11.9 Å². The summed E-state index contributed by atoms with van der Waals surface area (Å²) in [4.78, 5) is 33.4. The molecule has 19 heavy (non-hydrogen) atoms. The standard InChI is InChI=1S/C12H14N2O5/c1-7-2-4-8(5-3-7)13-10(16)11(17)14-9(6-15)12(18)19/h2-5,9,15H,6H2,1H3,(H,13,16)(H,14,17)(H,18,19). The summed E-state index contributed by atoms with van der Waals surface area (Å²) in [5.41, 5.74) is 1.41. The van der Waals surface area contributed by atoms with E-state index in [2.05, 4.69) is 5.32 Å². The maximum atomic E-state index is 11.5. The highest BCUT2D eigenvalue weighted by Gasteiger charge is 2.22. The monoisotopic (exact) mass is 266 g/mol. The van der Waals surface area contributed by atoms with Crippen LogP contribution in [0.4, 0.5) is 5.69 Å². The predicted octanol–water partition coefficient (Wildman–Crippen LogP) is -0.505. The van der Waals surface area contributed by atoms with Gasteiger partial charge in [-0.2, -0.15) is 0 Å². The van der Waals surface area contributed by atoms with E-state index < -0.39 is 30.4 Å². The number of nitrogens with one attached hydrogen (secondary N) is 2. The molecule has 102 valence electrons. The van der Waals surface area contributed by atoms with Crippen molar-refractivity contribution in [2.45, 2.75) is 13.0 Å². The molecule has 0 aliphatic heterocycles. The van der Waals surface area contributed by atoms with Crippen molar-refractivity contribution >= 4 is 23.5 Å². The van der Waals surface area contributed by atoms with Crippen molar-refractivity contribution in [3.05, 3.63) is 29.8 Å². The van der Waals surface area contributed by atoms with Crippen LogP contribution < -0.4 is 10.6 Å². The number of benzene rings is 1. The highest BCUT2D eigenvalue weighted by atomic mass is 16.4. The van der Waals surface area contributed by atoms with Gasteiger partial charge in [-0.15, -0.1) is 0 Å². The minimum Gasteiger partial charge on any atom is -0.480 e. The number of anilines is 1. The van der Waals surface area contributed by atoms with Gasteiger partial charge in [0.2, 0.25) is 0 Å². The Kier molecular flexibility index (Phi) is 5.01. The van der Waals surface area contributed by atoms with Gasteiger partial charge in [0, 0.05) is 5.69 Å². The fourth-order valence-electron chi connectivity index (χ4n) is 1.23. The van der Waals surface area contributed by atoms with E-state index in [0.29, 0.717) is 5.69 Å². The van der Waals surface area contributed by atoms with Crippen LogP contribution >= 0.6 is 0 Å². The normalized spacial score (nSPS) is 11.5. The van der Waals surface area contributed by atoms with Gasteiger partial charge in [0.05, 0.1) is 6.61 Å². The Bertz CT molecular complexity index is 483. The molecule has 1 aromatic carbocycles. The number of hydrogen-bond donors (Lipinski definition) is 4.